The summed E-state index contributed by atoms with van der Waals surface area (Å²) in [6.45, 7) is 10.7. The van der Waals surface area contributed by atoms with Crippen LogP contribution in [0.4, 0.5) is 8.78 Å². The van der Waals surface area contributed by atoms with Gasteiger partial charge in [0.1, 0.15) is 11.6 Å². The molecular formula is C50H49F2N9O3. The van der Waals surface area contributed by atoms with Crippen molar-refractivity contribution >= 4 is 22.3 Å². The smallest absolute Gasteiger partial charge is 0.338 e. The summed E-state index contributed by atoms with van der Waals surface area (Å²) in [5.74, 6) is -0.338. The average molecular weight is 862 g/mol. The highest BCUT2D eigenvalue weighted by Gasteiger charge is 2.57. The summed E-state index contributed by atoms with van der Waals surface area (Å²) < 4.78 is 46.0. The van der Waals surface area contributed by atoms with E-state index in [9.17, 15) is 10.1 Å². The molecule has 3 saturated carbocycles. The Labute approximate surface area is 368 Å². The van der Waals surface area contributed by atoms with Gasteiger partial charge < -0.3 is 14.0 Å². The van der Waals surface area contributed by atoms with Crippen molar-refractivity contribution in [2.75, 3.05) is 13.2 Å². The molecule has 2 aromatic carbocycles. The minimum absolute atomic E-state index is 0.0898. The lowest BCUT2D eigenvalue weighted by Gasteiger charge is -2.38. The van der Waals surface area contributed by atoms with Gasteiger partial charge in [0.05, 0.1) is 74.6 Å². The van der Waals surface area contributed by atoms with E-state index in [1.165, 1.54) is 20.9 Å². The topological polar surface area (TPSA) is 120 Å². The molecule has 3 aliphatic carbocycles. The molecule has 4 fully saturated rings. The van der Waals surface area contributed by atoms with E-state index in [-0.39, 0.29) is 29.1 Å². The summed E-state index contributed by atoms with van der Waals surface area (Å²) in [5.41, 5.74) is 4.96. The maximum absolute atomic E-state index is 16.4. The Bertz CT molecular complexity index is 3230. The molecule has 2 atom stereocenters. The summed E-state index contributed by atoms with van der Waals surface area (Å²) >= 11 is 0. The molecule has 12 rings (SSSR count). The summed E-state index contributed by atoms with van der Waals surface area (Å²) in [6, 6.07) is 15.4. The van der Waals surface area contributed by atoms with Gasteiger partial charge in [-0.15, -0.1) is 0 Å². The van der Waals surface area contributed by atoms with Crippen LogP contribution in [0.25, 0.3) is 33.6 Å². The highest BCUT2D eigenvalue weighted by molar-refractivity contribution is 5.99. The Morgan fingerprint density at radius 2 is 1.69 bits per heavy atom. The Morgan fingerprint density at radius 3 is 2.38 bits per heavy atom. The van der Waals surface area contributed by atoms with Gasteiger partial charge in [-0.1, -0.05) is 0 Å². The maximum Gasteiger partial charge on any atom is 0.338 e. The fourth-order valence-electron chi connectivity index (χ4n) is 11.0. The zero-order valence-electron chi connectivity index (χ0n) is 36.7. The van der Waals surface area contributed by atoms with E-state index in [1.807, 2.05) is 39.2 Å². The number of nitriles is 1. The second-order valence-electron chi connectivity index (χ2n) is 19.9. The van der Waals surface area contributed by atoms with Gasteiger partial charge in [-0.3, -0.25) is 18.6 Å². The summed E-state index contributed by atoms with van der Waals surface area (Å²) in [7, 11) is 0. The lowest BCUT2D eigenvalue weighted by molar-refractivity contribution is -0.0593. The van der Waals surface area contributed by atoms with Crippen LogP contribution in [0.1, 0.15) is 134 Å². The Morgan fingerprint density at radius 1 is 0.938 bits per heavy atom. The number of aromatic nitrogens is 7. The van der Waals surface area contributed by atoms with Crippen LogP contribution in [0.2, 0.25) is 0 Å². The zero-order valence-corrected chi connectivity index (χ0v) is 36.7. The Balaban J connectivity index is 1.00. The molecule has 0 bridgehead atoms. The molecular weight excluding hydrogens is 813 g/mol. The molecule has 7 aromatic rings. The number of benzene rings is 2. The van der Waals surface area contributed by atoms with Crippen molar-refractivity contribution in [2.24, 2.45) is 0 Å². The highest BCUT2D eigenvalue weighted by atomic mass is 19.1. The monoisotopic (exact) mass is 861 g/mol. The largest absolute Gasteiger partial charge is 0.376 e. The first kappa shape index (κ1) is 39.3. The molecule has 0 radical (unpaired) electrons. The molecule has 12 nitrogen and oxygen atoms in total. The average Bonchev–Trinajstić information content (AvgIpc) is 4.24. The van der Waals surface area contributed by atoms with E-state index in [0.29, 0.717) is 76.6 Å². The number of imidazole rings is 1. The molecule has 2 aliphatic heterocycles. The van der Waals surface area contributed by atoms with E-state index < -0.39 is 28.4 Å². The summed E-state index contributed by atoms with van der Waals surface area (Å²) in [4.78, 5) is 32.2. The number of halogens is 2. The molecule has 0 unspecified atom stereocenters. The van der Waals surface area contributed by atoms with Gasteiger partial charge >= 0.3 is 5.69 Å². The van der Waals surface area contributed by atoms with Crippen molar-refractivity contribution in [3.05, 3.63) is 129 Å². The minimum Gasteiger partial charge on any atom is -0.376 e. The SMILES string of the molecule is Cc1cc(-n2nc3c(c2-n2ccn(-c4ccc5c(cnn5C5CC5)c4F)c2=O)[C@H](C)N(C(=O)c2cc4cc([C@H]5CCOC(C)(C)C5)ccn4c2C2(C#N)CC2)CC32CC2)cc(C)c1F. The molecule has 326 valence electrons. The van der Waals surface area contributed by atoms with E-state index in [1.54, 1.807) is 49.1 Å². The number of hydrogen-bond donors (Lipinski definition) is 0. The molecule has 5 aliphatic rings. The number of rotatable bonds is 7. The fourth-order valence-corrected chi connectivity index (χ4v) is 11.0. The van der Waals surface area contributed by atoms with Crippen molar-refractivity contribution in [1.82, 2.24) is 38.0 Å². The lowest BCUT2D eigenvalue weighted by Crippen LogP contribution is -2.44. The number of pyridine rings is 1. The van der Waals surface area contributed by atoms with Crippen LogP contribution in [0, 0.1) is 36.8 Å². The fraction of sp³-hybridized carbons (Fsp3) is 0.420. The summed E-state index contributed by atoms with van der Waals surface area (Å²) in [5, 5.41) is 20.7. The van der Waals surface area contributed by atoms with E-state index in [4.69, 9.17) is 9.84 Å². The van der Waals surface area contributed by atoms with Gasteiger partial charge in [-0.2, -0.15) is 15.5 Å². The number of carbonyl (C=O) groups is 1. The molecule has 14 heteroatoms. The van der Waals surface area contributed by atoms with E-state index in [0.717, 1.165) is 55.4 Å². The number of carbonyl (C=O) groups excluding carboxylic acids is 1. The first-order valence-electron chi connectivity index (χ1n) is 22.6. The molecule has 1 saturated heterocycles. The van der Waals surface area contributed by atoms with E-state index in [2.05, 4.69) is 37.1 Å². The molecule has 5 aromatic heterocycles. The maximum atomic E-state index is 16.4. The normalized spacial score (nSPS) is 21.7. The minimum atomic E-state index is -0.777. The van der Waals surface area contributed by atoms with Crippen LogP contribution in [0.15, 0.2) is 72.0 Å². The predicted octanol–water partition coefficient (Wildman–Crippen LogP) is 9.12. The van der Waals surface area contributed by atoms with Crippen molar-refractivity contribution < 1.29 is 18.3 Å². The van der Waals surface area contributed by atoms with Gasteiger partial charge in [0.25, 0.3) is 5.91 Å². The quantitative estimate of drug-likeness (QED) is 0.158. The van der Waals surface area contributed by atoms with Crippen molar-refractivity contribution in [3.63, 3.8) is 0 Å². The van der Waals surface area contributed by atoms with Crippen LogP contribution in [0.3, 0.4) is 0 Å². The van der Waals surface area contributed by atoms with E-state index >= 15 is 13.6 Å². The standard InChI is InChI=1S/C50H49F2N9O3/c1-28-20-35(21-29(2)41(28)51)61-45(58-18-17-57(47(58)63)39-9-8-38-37(42(39)52)25-54-60(38)33-6-7-33)40-30(3)59(27-50(14-15-50)43(40)55-61)46(62)36-23-34-22-31(32-11-19-64-48(4,5)24-32)10-16-56(34)44(36)49(26-53)12-13-49/h8-10,16-18,20-23,25,30,32-33H,6-7,11-15,19,24,27H2,1-5H3/t30-,32-/m0/s1. The molecule has 0 N–H and O–H groups in total. The van der Waals surface area contributed by atoms with Crippen LogP contribution in [-0.4, -0.2) is 62.7 Å². The zero-order chi connectivity index (χ0) is 44.2. The molecule has 64 heavy (non-hydrogen) atoms. The first-order valence-corrected chi connectivity index (χ1v) is 22.6. The van der Waals surface area contributed by atoms with Gasteiger partial charge in [-0.25, -0.2) is 18.3 Å². The first-order chi connectivity index (χ1) is 30.7. The number of fused-ring (bicyclic) bond motifs is 4. The van der Waals surface area contributed by atoms with Crippen molar-refractivity contribution in [3.8, 4) is 23.3 Å². The number of ether oxygens (including phenoxy) is 1. The third-order valence-electron chi connectivity index (χ3n) is 15.0. The number of hydrogen-bond acceptors (Lipinski definition) is 6. The third kappa shape index (κ3) is 5.71. The number of nitrogens with zero attached hydrogens (tertiary/aromatic N) is 9. The van der Waals surface area contributed by atoms with Gasteiger partial charge in [0, 0.05) is 48.2 Å². The second-order valence-corrected chi connectivity index (χ2v) is 19.9. The van der Waals surface area contributed by atoms with Crippen LogP contribution in [-0.2, 0) is 15.6 Å². The molecule has 7 heterocycles. The van der Waals surface area contributed by atoms with Crippen LogP contribution in [0.5, 0.6) is 0 Å². The van der Waals surface area contributed by atoms with Gasteiger partial charge in [-0.05, 0) is 151 Å². The predicted molar refractivity (Wildman–Crippen MR) is 236 cm³/mol. The van der Waals surface area contributed by atoms with Crippen molar-refractivity contribution in [2.45, 2.75) is 120 Å². The molecule has 1 spiro atoms. The Kier molecular flexibility index (Phi) is 8.20. The lowest BCUT2D eigenvalue weighted by atomic mass is 9.84. The molecule has 1 amide bonds. The van der Waals surface area contributed by atoms with Gasteiger partial charge in [0.2, 0.25) is 0 Å². The highest BCUT2D eigenvalue weighted by Crippen LogP contribution is 2.57. The number of aryl methyl sites for hydroxylation is 2. The van der Waals surface area contributed by atoms with Crippen LogP contribution >= 0.6 is 0 Å². The van der Waals surface area contributed by atoms with Crippen LogP contribution < -0.4 is 5.69 Å². The summed E-state index contributed by atoms with van der Waals surface area (Å²) in [6.07, 6.45) is 13.4. The Hall–Kier alpha value is -6.33. The second kappa shape index (κ2) is 13.4. The third-order valence-corrected chi connectivity index (χ3v) is 15.0. The van der Waals surface area contributed by atoms with Gasteiger partial charge in [0.15, 0.2) is 5.82 Å². The van der Waals surface area contributed by atoms with Crippen molar-refractivity contribution in [1.29, 1.82) is 5.26 Å². The number of amides is 1.